The summed E-state index contributed by atoms with van der Waals surface area (Å²) in [6.45, 7) is 0. The Morgan fingerprint density at radius 2 is 1.83 bits per heavy atom. The molecule has 7 heteroatoms. The summed E-state index contributed by atoms with van der Waals surface area (Å²) < 4.78 is 2.78. The van der Waals surface area contributed by atoms with Crippen LogP contribution in [0.15, 0.2) is 30.9 Å². The van der Waals surface area contributed by atoms with Crippen LogP contribution in [0.3, 0.4) is 0 Å². The van der Waals surface area contributed by atoms with E-state index in [0.717, 1.165) is 0 Å². The van der Waals surface area contributed by atoms with Crippen LogP contribution in [0.2, 0.25) is 0 Å². The third-order valence-corrected chi connectivity index (χ3v) is 1.35. The zero-order valence-corrected chi connectivity index (χ0v) is 7.81. The van der Waals surface area contributed by atoms with Crippen molar-refractivity contribution in [3.8, 4) is 0 Å². The van der Waals surface area contributed by atoms with Gasteiger partial charge in [0.05, 0.1) is 12.4 Å². The normalized spacial score (nSPS) is 8.83. The number of rotatable bonds is 0. The molecule has 0 N–H and O–H groups in total. The first-order valence-electron chi connectivity index (χ1n) is 3.03. The van der Waals surface area contributed by atoms with Crippen LogP contribution in [0.1, 0.15) is 0 Å². The molecule has 12 heavy (non-hydrogen) atoms. The first kappa shape index (κ1) is 9.14. The van der Waals surface area contributed by atoms with Gasteiger partial charge in [0.25, 0.3) is 0 Å². The Kier molecular flexibility index (Phi) is 3.68. The van der Waals surface area contributed by atoms with Crippen LogP contribution in [-0.4, -0.2) is 23.6 Å². The predicted molar refractivity (Wildman–Crippen MR) is 51.0 cm³/mol. The van der Waals surface area contributed by atoms with Gasteiger partial charge in [-0.1, -0.05) is 5.21 Å². The summed E-state index contributed by atoms with van der Waals surface area (Å²) in [4.78, 5) is 0. The Balaban J connectivity index is 0.000000120. The monoisotopic (exact) mass is 201 g/mol. The first-order valence-corrected chi connectivity index (χ1v) is 3.83. The smallest absolute Gasteiger partial charge is 0.0704 e. The quantitative estimate of drug-likeness (QED) is 0.612. The van der Waals surface area contributed by atoms with E-state index < -0.39 is 0 Å². The van der Waals surface area contributed by atoms with Crippen LogP contribution in [-0.2, 0) is 0 Å². The Morgan fingerprint density at radius 1 is 1.00 bits per heavy atom. The molecular formula is C5H7N5S2. The van der Waals surface area contributed by atoms with E-state index in [2.05, 4.69) is 41.0 Å². The lowest BCUT2D eigenvalue weighted by Gasteiger charge is -1.75. The Bertz CT molecular complexity index is 257. The Labute approximate surface area is 80.5 Å². The number of aromatic nitrogens is 5. The maximum atomic E-state index is 3.84. The molecule has 2 aromatic rings. The van der Waals surface area contributed by atoms with Crippen molar-refractivity contribution in [3.63, 3.8) is 0 Å². The average molecular weight is 201 g/mol. The van der Waals surface area contributed by atoms with Crippen molar-refractivity contribution in [2.75, 3.05) is 0 Å². The van der Waals surface area contributed by atoms with Crippen LogP contribution >= 0.6 is 25.6 Å². The molecule has 0 aliphatic rings. The summed E-state index contributed by atoms with van der Waals surface area (Å²) in [7, 11) is 0. The molecule has 0 spiro atoms. The molecule has 0 bridgehead atoms. The molecule has 64 valence electrons. The standard InChI is InChI=1S/C3H4N2S.C2H3N3S/c6-5-3-1-2-4-5;6-5-2-1-3-4-5/h1-3,6H;1-2,6H. The second-order valence-electron chi connectivity index (χ2n) is 1.75. The van der Waals surface area contributed by atoms with Crippen LogP contribution in [0.5, 0.6) is 0 Å². The van der Waals surface area contributed by atoms with Crippen LogP contribution in [0.4, 0.5) is 0 Å². The molecule has 0 amide bonds. The summed E-state index contributed by atoms with van der Waals surface area (Å²) in [5.74, 6) is 0. The average Bonchev–Trinajstić information content (AvgIpc) is 2.63. The van der Waals surface area contributed by atoms with Gasteiger partial charge in [0.1, 0.15) is 0 Å². The molecule has 0 fully saturated rings. The molecule has 2 heterocycles. The summed E-state index contributed by atoms with van der Waals surface area (Å²) >= 11 is 7.62. The van der Waals surface area contributed by atoms with E-state index in [-0.39, 0.29) is 0 Å². The van der Waals surface area contributed by atoms with Crippen molar-refractivity contribution in [1.82, 2.24) is 23.6 Å². The second kappa shape index (κ2) is 4.83. The molecule has 0 radical (unpaired) electrons. The van der Waals surface area contributed by atoms with Gasteiger partial charge in [-0.3, -0.25) is 0 Å². The minimum atomic E-state index is 1.33. The van der Waals surface area contributed by atoms with Crippen LogP contribution in [0, 0.1) is 0 Å². The second-order valence-corrected chi connectivity index (χ2v) is 2.57. The highest BCUT2D eigenvalue weighted by molar-refractivity contribution is 7.78. The number of thiol groups is 2. The van der Waals surface area contributed by atoms with Crippen molar-refractivity contribution >= 4 is 25.6 Å². The highest BCUT2D eigenvalue weighted by atomic mass is 32.1. The van der Waals surface area contributed by atoms with Crippen molar-refractivity contribution in [2.45, 2.75) is 0 Å². The number of hydrogen-bond acceptors (Lipinski definition) is 5. The van der Waals surface area contributed by atoms with Crippen molar-refractivity contribution in [1.29, 1.82) is 0 Å². The Hall–Kier alpha value is -0.950. The summed E-state index contributed by atoms with van der Waals surface area (Å²) in [5.41, 5.74) is 0. The van der Waals surface area contributed by atoms with Gasteiger partial charge in [-0.2, -0.15) is 9.19 Å². The molecule has 0 saturated carbocycles. The van der Waals surface area contributed by atoms with Gasteiger partial charge >= 0.3 is 0 Å². The Morgan fingerprint density at radius 3 is 2.00 bits per heavy atom. The van der Waals surface area contributed by atoms with Gasteiger partial charge in [-0.05, 0) is 31.7 Å². The third kappa shape index (κ3) is 3.44. The lowest BCUT2D eigenvalue weighted by Crippen LogP contribution is -1.77. The fourth-order valence-corrected chi connectivity index (χ4v) is 0.705. The fraction of sp³-hybridized carbons (Fsp3) is 0. The highest BCUT2D eigenvalue weighted by Gasteiger charge is 1.72. The zero-order valence-electron chi connectivity index (χ0n) is 6.02. The predicted octanol–water partition coefficient (Wildman–Crippen LogP) is 0.547. The minimum Gasteiger partial charge on any atom is -0.217 e. The van der Waals surface area contributed by atoms with E-state index >= 15 is 0 Å². The molecule has 2 rings (SSSR count). The molecule has 0 atom stereocenters. The van der Waals surface area contributed by atoms with Crippen LogP contribution < -0.4 is 0 Å². The first-order chi connectivity index (χ1) is 5.79. The summed E-state index contributed by atoms with van der Waals surface area (Å²) in [5, 5.41) is 10.6. The molecule has 0 aliphatic carbocycles. The van der Waals surface area contributed by atoms with E-state index in [9.17, 15) is 0 Å². The maximum absolute atomic E-state index is 3.84. The van der Waals surface area contributed by atoms with E-state index in [1.165, 1.54) is 8.17 Å². The number of nitrogens with zero attached hydrogens (tertiary/aromatic N) is 5. The van der Waals surface area contributed by atoms with Gasteiger partial charge in [-0.25, -0.2) is 4.09 Å². The lowest BCUT2D eigenvalue weighted by molar-refractivity contribution is 0.897. The van der Waals surface area contributed by atoms with Gasteiger partial charge in [0.15, 0.2) is 0 Å². The molecule has 2 aromatic heterocycles. The minimum absolute atomic E-state index is 1.33. The van der Waals surface area contributed by atoms with E-state index in [0.29, 0.717) is 0 Å². The fourth-order valence-electron chi connectivity index (χ4n) is 0.463. The molecular weight excluding hydrogens is 194 g/mol. The van der Waals surface area contributed by atoms with Gasteiger partial charge in [-0.15, -0.1) is 5.10 Å². The van der Waals surface area contributed by atoms with Crippen molar-refractivity contribution in [3.05, 3.63) is 30.9 Å². The molecule has 5 nitrogen and oxygen atoms in total. The molecule has 0 unspecified atom stereocenters. The highest BCUT2D eigenvalue weighted by Crippen LogP contribution is 1.81. The largest absolute Gasteiger partial charge is 0.217 e. The van der Waals surface area contributed by atoms with Crippen molar-refractivity contribution in [2.24, 2.45) is 0 Å². The topological polar surface area (TPSA) is 48.5 Å². The van der Waals surface area contributed by atoms with E-state index in [1.807, 2.05) is 6.07 Å². The summed E-state index contributed by atoms with van der Waals surface area (Å²) in [6, 6.07) is 1.81. The van der Waals surface area contributed by atoms with E-state index in [4.69, 9.17) is 0 Å². The zero-order chi connectivity index (χ0) is 8.81. The van der Waals surface area contributed by atoms with Crippen LogP contribution in [0.25, 0.3) is 0 Å². The third-order valence-electron chi connectivity index (χ3n) is 0.900. The summed E-state index contributed by atoms with van der Waals surface area (Å²) in [6.07, 6.45) is 6.63. The molecule has 0 aliphatic heterocycles. The number of hydrogen-bond donors (Lipinski definition) is 2. The van der Waals surface area contributed by atoms with E-state index in [1.54, 1.807) is 24.8 Å². The molecule has 0 saturated heterocycles. The lowest BCUT2D eigenvalue weighted by atomic mass is 10.8. The SMILES string of the molecule is Sn1cccn1.Sn1ccnn1. The molecule has 0 aromatic carbocycles. The van der Waals surface area contributed by atoms with Gasteiger partial charge < -0.3 is 0 Å². The van der Waals surface area contributed by atoms with Crippen molar-refractivity contribution < 1.29 is 0 Å². The van der Waals surface area contributed by atoms with Gasteiger partial charge in [0.2, 0.25) is 0 Å². The van der Waals surface area contributed by atoms with Gasteiger partial charge in [0, 0.05) is 12.4 Å². The maximum Gasteiger partial charge on any atom is 0.0704 e.